The average Bonchev–Trinajstić information content (AvgIpc) is 2.31. The van der Waals surface area contributed by atoms with Gasteiger partial charge in [0.2, 0.25) is 0 Å². The Morgan fingerprint density at radius 2 is 2.33 bits per heavy atom. The van der Waals surface area contributed by atoms with Crippen LogP contribution in [0, 0.1) is 11.3 Å². The molecule has 0 bridgehead atoms. The highest BCUT2D eigenvalue weighted by Gasteiger charge is 2.04. The first-order valence-electron chi connectivity index (χ1n) is 4.91. The van der Waals surface area contributed by atoms with Gasteiger partial charge in [0.15, 0.2) is 0 Å². The van der Waals surface area contributed by atoms with E-state index in [9.17, 15) is 0 Å². The van der Waals surface area contributed by atoms with E-state index in [0.717, 1.165) is 18.9 Å². The molecule has 1 rings (SSSR count). The first-order valence-corrected chi connectivity index (χ1v) is 4.91. The molecule has 0 atom stereocenters. The molecular formula is C11H15N3O. The van der Waals surface area contributed by atoms with Gasteiger partial charge in [-0.1, -0.05) is 0 Å². The maximum absolute atomic E-state index is 8.64. The molecule has 15 heavy (non-hydrogen) atoms. The quantitative estimate of drug-likeness (QED) is 0.729. The topological polar surface area (TPSA) is 49.1 Å². The number of ether oxygens (including phenoxy) is 1. The number of rotatable bonds is 5. The van der Waals surface area contributed by atoms with Gasteiger partial charge in [-0.05, 0) is 19.1 Å². The van der Waals surface area contributed by atoms with E-state index in [1.807, 2.05) is 12.1 Å². The molecule has 0 N–H and O–H groups in total. The summed E-state index contributed by atoms with van der Waals surface area (Å²) in [4.78, 5) is 6.32. The molecule has 1 aromatic rings. The van der Waals surface area contributed by atoms with Gasteiger partial charge in [-0.25, -0.2) is 4.98 Å². The number of hydrogen-bond donors (Lipinski definition) is 0. The van der Waals surface area contributed by atoms with Crippen LogP contribution >= 0.6 is 0 Å². The summed E-state index contributed by atoms with van der Waals surface area (Å²) >= 11 is 0. The maximum Gasteiger partial charge on any atom is 0.128 e. The summed E-state index contributed by atoms with van der Waals surface area (Å²) in [7, 11) is 1.68. The molecule has 4 nitrogen and oxygen atoms in total. The van der Waals surface area contributed by atoms with Gasteiger partial charge in [0.05, 0.1) is 12.2 Å². The summed E-state index contributed by atoms with van der Waals surface area (Å²) in [5.41, 5.74) is 0.585. The molecule has 0 aliphatic carbocycles. The fraction of sp³-hybridized carbons (Fsp3) is 0.455. The smallest absolute Gasteiger partial charge is 0.128 e. The van der Waals surface area contributed by atoms with Crippen molar-refractivity contribution in [2.24, 2.45) is 0 Å². The Balaban J connectivity index is 2.70. The van der Waals surface area contributed by atoms with Gasteiger partial charge in [0, 0.05) is 26.4 Å². The van der Waals surface area contributed by atoms with Crippen LogP contribution in [-0.4, -0.2) is 31.8 Å². The molecular weight excluding hydrogens is 190 g/mol. The Labute approximate surface area is 90.1 Å². The van der Waals surface area contributed by atoms with E-state index in [0.29, 0.717) is 12.2 Å². The van der Waals surface area contributed by atoms with Gasteiger partial charge in [0.1, 0.15) is 11.9 Å². The summed E-state index contributed by atoms with van der Waals surface area (Å²) in [6.07, 6.45) is 1.59. The van der Waals surface area contributed by atoms with Crippen molar-refractivity contribution in [3.63, 3.8) is 0 Å². The third kappa shape index (κ3) is 3.22. The zero-order valence-corrected chi connectivity index (χ0v) is 9.10. The lowest BCUT2D eigenvalue weighted by Crippen LogP contribution is -2.27. The molecule has 0 fully saturated rings. The minimum atomic E-state index is 0.585. The highest BCUT2D eigenvalue weighted by molar-refractivity contribution is 5.41. The molecule has 0 aliphatic rings. The lowest BCUT2D eigenvalue weighted by molar-refractivity contribution is 0.205. The molecule has 0 saturated heterocycles. The Hall–Kier alpha value is -1.60. The Kier molecular flexibility index (Phi) is 4.58. The van der Waals surface area contributed by atoms with Crippen LogP contribution in [0.25, 0.3) is 0 Å². The lowest BCUT2D eigenvalue weighted by Gasteiger charge is -2.21. The van der Waals surface area contributed by atoms with Crippen molar-refractivity contribution in [1.82, 2.24) is 4.98 Å². The van der Waals surface area contributed by atoms with E-state index in [-0.39, 0.29) is 0 Å². The van der Waals surface area contributed by atoms with Crippen LogP contribution in [-0.2, 0) is 4.74 Å². The molecule has 0 radical (unpaired) electrons. The van der Waals surface area contributed by atoms with Gasteiger partial charge >= 0.3 is 0 Å². The molecule has 4 heteroatoms. The SMILES string of the molecule is CCN(CCOC)c1ccc(C#N)cn1. The highest BCUT2D eigenvalue weighted by Crippen LogP contribution is 2.10. The summed E-state index contributed by atoms with van der Waals surface area (Å²) in [5.74, 6) is 0.883. The lowest BCUT2D eigenvalue weighted by atomic mass is 10.3. The van der Waals surface area contributed by atoms with Crippen LogP contribution in [0.5, 0.6) is 0 Å². The molecule has 0 spiro atoms. The van der Waals surface area contributed by atoms with Crippen LogP contribution < -0.4 is 4.90 Å². The molecule has 1 heterocycles. The van der Waals surface area contributed by atoms with E-state index >= 15 is 0 Å². The van der Waals surface area contributed by atoms with E-state index in [1.165, 1.54) is 0 Å². The predicted octanol–water partition coefficient (Wildman–Crippen LogP) is 1.43. The van der Waals surface area contributed by atoms with Crippen LogP contribution in [0.15, 0.2) is 18.3 Å². The first kappa shape index (κ1) is 11.5. The fourth-order valence-corrected chi connectivity index (χ4v) is 1.28. The normalized spacial score (nSPS) is 9.67. The molecule has 0 amide bonds. The number of methoxy groups -OCH3 is 1. The number of hydrogen-bond acceptors (Lipinski definition) is 4. The zero-order chi connectivity index (χ0) is 11.1. The average molecular weight is 205 g/mol. The Morgan fingerprint density at radius 1 is 1.53 bits per heavy atom. The third-order valence-electron chi connectivity index (χ3n) is 2.15. The van der Waals surface area contributed by atoms with Crippen molar-refractivity contribution in [3.8, 4) is 6.07 Å². The number of aromatic nitrogens is 1. The largest absolute Gasteiger partial charge is 0.383 e. The van der Waals surface area contributed by atoms with Crippen LogP contribution in [0.3, 0.4) is 0 Å². The first-order chi connectivity index (χ1) is 7.31. The standard InChI is InChI=1S/C11H15N3O/c1-3-14(6-7-15-2)11-5-4-10(8-12)9-13-11/h4-5,9H,3,6-7H2,1-2H3. The van der Waals surface area contributed by atoms with Crippen molar-refractivity contribution < 1.29 is 4.74 Å². The summed E-state index contributed by atoms with van der Waals surface area (Å²) < 4.78 is 5.02. The minimum absolute atomic E-state index is 0.585. The second-order valence-corrected chi connectivity index (χ2v) is 3.09. The molecule has 1 aromatic heterocycles. The number of nitriles is 1. The highest BCUT2D eigenvalue weighted by atomic mass is 16.5. The predicted molar refractivity (Wildman–Crippen MR) is 58.7 cm³/mol. The summed E-state index contributed by atoms with van der Waals surface area (Å²) in [5, 5.41) is 8.64. The molecule has 0 saturated carbocycles. The maximum atomic E-state index is 8.64. The molecule has 0 unspecified atom stereocenters. The second-order valence-electron chi connectivity index (χ2n) is 3.09. The number of pyridine rings is 1. The third-order valence-corrected chi connectivity index (χ3v) is 2.15. The number of nitrogens with zero attached hydrogens (tertiary/aromatic N) is 3. The van der Waals surface area contributed by atoms with E-state index in [2.05, 4.69) is 16.8 Å². The van der Waals surface area contributed by atoms with Crippen LogP contribution in [0.4, 0.5) is 5.82 Å². The van der Waals surface area contributed by atoms with Crippen molar-refractivity contribution >= 4 is 5.82 Å². The minimum Gasteiger partial charge on any atom is -0.383 e. The Morgan fingerprint density at radius 3 is 2.80 bits per heavy atom. The van der Waals surface area contributed by atoms with Gasteiger partial charge < -0.3 is 9.64 Å². The summed E-state index contributed by atoms with van der Waals surface area (Å²) in [6, 6.07) is 5.68. The number of likely N-dealkylation sites (N-methyl/N-ethyl adjacent to an activating group) is 1. The molecule has 80 valence electrons. The Bertz CT molecular complexity index is 329. The van der Waals surface area contributed by atoms with Crippen molar-refractivity contribution in [1.29, 1.82) is 5.26 Å². The van der Waals surface area contributed by atoms with Gasteiger partial charge in [-0.3, -0.25) is 0 Å². The van der Waals surface area contributed by atoms with E-state index < -0.39 is 0 Å². The van der Waals surface area contributed by atoms with Crippen molar-refractivity contribution in [2.45, 2.75) is 6.92 Å². The molecule has 0 aromatic carbocycles. The number of anilines is 1. The summed E-state index contributed by atoms with van der Waals surface area (Å²) in [6.45, 7) is 4.43. The van der Waals surface area contributed by atoms with E-state index in [1.54, 1.807) is 19.4 Å². The van der Waals surface area contributed by atoms with Crippen LogP contribution in [0.1, 0.15) is 12.5 Å². The van der Waals surface area contributed by atoms with Crippen molar-refractivity contribution in [2.75, 3.05) is 31.7 Å². The zero-order valence-electron chi connectivity index (χ0n) is 9.10. The monoisotopic (exact) mass is 205 g/mol. The fourth-order valence-electron chi connectivity index (χ4n) is 1.28. The van der Waals surface area contributed by atoms with E-state index in [4.69, 9.17) is 10.00 Å². The molecule has 0 aliphatic heterocycles. The van der Waals surface area contributed by atoms with Gasteiger partial charge in [-0.15, -0.1) is 0 Å². The second kappa shape index (κ2) is 5.99. The van der Waals surface area contributed by atoms with Gasteiger partial charge in [-0.2, -0.15) is 5.26 Å². The van der Waals surface area contributed by atoms with Crippen LogP contribution in [0.2, 0.25) is 0 Å². The van der Waals surface area contributed by atoms with Crippen molar-refractivity contribution in [3.05, 3.63) is 23.9 Å². The van der Waals surface area contributed by atoms with Gasteiger partial charge in [0.25, 0.3) is 0 Å².